The zero-order valence-corrected chi connectivity index (χ0v) is 21.5. The van der Waals surface area contributed by atoms with E-state index in [9.17, 15) is 14.7 Å². The predicted molar refractivity (Wildman–Crippen MR) is 139 cm³/mol. The summed E-state index contributed by atoms with van der Waals surface area (Å²) in [6.07, 6.45) is 29.7. The van der Waals surface area contributed by atoms with Crippen LogP contribution in [0, 0.1) is 5.92 Å². The lowest BCUT2D eigenvalue weighted by Gasteiger charge is -2.11. The second kappa shape index (κ2) is 25.1. The van der Waals surface area contributed by atoms with Crippen molar-refractivity contribution in [2.75, 3.05) is 6.61 Å². The molecule has 1 unspecified atom stereocenters. The molecule has 0 aromatic carbocycles. The summed E-state index contributed by atoms with van der Waals surface area (Å²) < 4.78 is 4.90. The fourth-order valence-corrected chi connectivity index (χ4v) is 4.08. The van der Waals surface area contributed by atoms with Gasteiger partial charge in [-0.25, -0.2) is 0 Å². The molecule has 0 saturated carbocycles. The molecule has 1 atom stereocenters. The lowest BCUT2D eigenvalue weighted by molar-refractivity contribution is -0.151. The van der Waals surface area contributed by atoms with Crippen LogP contribution < -0.4 is 0 Å². The van der Waals surface area contributed by atoms with Gasteiger partial charge in [0.15, 0.2) is 0 Å². The fraction of sp³-hybridized carbons (Fsp3) is 0.793. The van der Waals surface area contributed by atoms with Gasteiger partial charge in [-0.1, -0.05) is 128 Å². The SMILES string of the molecule is C=CCOC(=O)CC(CCCCCCCCCCCCCCCCC/C=C/CCC)C(=O)O. The number of carboxylic acids is 1. The minimum Gasteiger partial charge on any atom is -0.481 e. The molecule has 0 bridgehead atoms. The average Bonchev–Trinajstić information content (AvgIpc) is 2.80. The lowest BCUT2D eigenvalue weighted by Crippen LogP contribution is -2.19. The quantitative estimate of drug-likeness (QED) is 0.0832. The number of ether oxygens (including phenoxy) is 1. The Balaban J connectivity index is 3.38. The number of carboxylic acid groups (broad SMARTS) is 1. The molecular formula is C29H52O4. The van der Waals surface area contributed by atoms with Crippen molar-refractivity contribution >= 4 is 11.9 Å². The van der Waals surface area contributed by atoms with E-state index >= 15 is 0 Å². The second-order valence-electron chi connectivity index (χ2n) is 9.35. The molecule has 0 radical (unpaired) electrons. The first kappa shape index (κ1) is 31.4. The maximum Gasteiger partial charge on any atom is 0.307 e. The summed E-state index contributed by atoms with van der Waals surface area (Å²) in [7, 11) is 0. The molecule has 192 valence electrons. The van der Waals surface area contributed by atoms with Crippen molar-refractivity contribution in [3.05, 3.63) is 24.8 Å². The summed E-state index contributed by atoms with van der Waals surface area (Å²) >= 11 is 0. The fourth-order valence-electron chi connectivity index (χ4n) is 4.08. The van der Waals surface area contributed by atoms with Gasteiger partial charge in [-0.15, -0.1) is 0 Å². The summed E-state index contributed by atoms with van der Waals surface area (Å²) in [5.74, 6) is -1.98. The number of allylic oxidation sites excluding steroid dienone is 2. The van der Waals surface area contributed by atoms with Gasteiger partial charge in [0.25, 0.3) is 0 Å². The van der Waals surface area contributed by atoms with Crippen molar-refractivity contribution in [2.45, 2.75) is 135 Å². The van der Waals surface area contributed by atoms with E-state index in [4.69, 9.17) is 4.74 Å². The zero-order chi connectivity index (χ0) is 24.4. The Hall–Kier alpha value is -1.58. The molecule has 0 heterocycles. The van der Waals surface area contributed by atoms with Crippen LogP contribution in [-0.2, 0) is 14.3 Å². The maximum absolute atomic E-state index is 11.6. The highest BCUT2D eigenvalue weighted by Crippen LogP contribution is 2.17. The number of carbonyl (C=O) groups is 2. The Labute approximate surface area is 204 Å². The summed E-state index contributed by atoms with van der Waals surface area (Å²) in [4.78, 5) is 22.9. The molecule has 33 heavy (non-hydrogen) atoms. The van der Waals surface area contributed by atoms with Crippen molar-refractivity contribution in [3.63, 3.8) is 0 Å². The first-order valence-corrected chi connectivity index (χ1v) is 13.8. The van der Waals surface area contributed by atoms with E-state index in [0.29, 0.717) is 6.42 Å². The molecule has 0 fully saturated rings. The van der Waals surface area contributed by atoms with Gasteiger partial charge < -0.3 is 9.84 Å². The van der Waals surface area contributed by atoms with Crippen LogP contribution in [-0.4, -0.2) is 23.7 Å². The van der Waals surface area contributed by atoms with Gasteiger partial charge in [0.05, 0.1) is 12.3 Å². The van der Waals surface area contributed by atoms with Crippen molar-refractivity contribution in [3.8, 4) is 0 Å². The van der Waals surface area contributed by atoms with E-state index in [1.165, 1.54) is 102 Å². The van der Waals surface area contributed by atoms with E-state index in [0.717, 1.165) is 19.3 Å². The molecule has 0 aliphatic heterocycles. The van der Waals surface area contributed by atoms with Crippen LogP contribution in [0.4, 0.5) is 0 Å². The summed E-state index contributed by atoms with van der Waals surface area (Å²) in [5.41, 5.74) is 0. The molecule has 4 heteroatoms. The van der Waals surface area contributed by atoms with Crippen molar-refractivity contribution in [1.29, 1.82) is 0 Å². The highest BCUT2D eigenvalue weighted by Gasteiger charge is 2.21. The third-order valence-corrected chi connectivity index (χ3v) is 6.17. The number of esters is 1. The van der Waals surface area contributed by atoms with Gasteiger partial charge in [0.1, 0.15) is 6.61 Å². The molecule has 0 aliphatic carbocycles. The molecule has 0 aromatic rings. The number of rotatable bonds is 25. The molecule has 1 N–H and O–H groups in total. The summed E-state index contributed by atoms with van der Waals surface area (Å²) in [6, 6.07) is 0. The second-order valence-corrected chi connectivity index (χ2v) is 9.35. The Morgan fingerprint density at radius 1 is 0.758 bits per heavy atom. The van der Waals surface area contributed by atoms with Crippen LogP contribution >= 0.6 is 0 Å². The monoisotopic (exact) mass is 464 g/mol. The van der Waals surface area contributed by atoms with Gasteiger partial charge in [-0.2, -0.15) is 0 Å². The van der Waals surface area contributed by atoms with Crippen LogP contribution in [0.2, 0.25) is 0 Å². The molecule has 0 saturated heterocycles. The van der Waals surface area contributed by atoms with E-state index in [1.54, 1.807) is 0 Å². The minimum absolute atomic E-state index is 0.0418. The van der Waals surface area contributed by atoms with E-state index in [1.807, 2.05) is 0 Å². The Bertz CT molecular complexity index is 498. The third kappa shape index (κ3) is 23.4. The standard InChI is InChI=1S/C29H52O4/c1-3-5-6-7-8-9-10-11-12-13-14-15-16-17-18-19-20-21-22-23-24-27(29(31)32)26-28(30)33-25-4-2/h4,6-7,27H,2-3,5,8-26H2,1H3,(H,31,32)/b7-6+. The Morgan fingerprint density at radius 3 is 1.67 bits per heavy atom. The highest BCUT2D eigenvalue weighted by molar-refractivity contribution is 5.78. The van der Waals surface area contributed by atoms with Gasteiger partial charge in [0.2, 0.25) is 0 Å². The number of carbonyl (C=O) groups excluding carboxylic acids is 1. The predicted octanol–water partition coefficient (Wildman–Crippen LogP) is 8.79. The van der Waals surface area contributed by atoms with E-state index < -0.39 is 17.9 Å². The first-order valence-electron chi connectivity index (χ1n) is 13.8. The number of hydrogen-bond donors (Lipinski definition) is 1. The normalized spacial score (nSPS) is 12.2. The number of aliphatic carboxylic acids is 1. The lowest BCUT2D eigenvalue weighted by atomic mass is 9.97. The molecule has 0 amide bonds. The molecule has 0 aliphatic rings. The van der Waals surface area contributed by atoms with Crippen molar-refractivity contribution < 1.29 is 19.4 Å². The molecule has 0 aromatic heterocycles. The Kier molecular flexibility index (Phi) is 23.9. The van der Waals surface area contributed by atoms with E-state index in [2.05, 4.69) is 25.7 Å². The van der Waals surface area contributed by atoms with Gasteiger partial charge >= 0.3 is 11.9 Å². The van der Waals surface area contributed by atoms with Gasteiger partial charge in [-0.05, 0) is 25.7 Å². The van der Waals surface area contributed by atoms with Gasteiger partial charge in [0, 0.05) is 0 Å². The highest BCUT2D eigenvalue weighted by atomic mass is 16.5. The van der Waals surface area contributed by atoms with Crippen molar-refractivity contribution in [1.82, 2.24) is 0 Å². The first-order chi connectivity index (χ1) is 16.1. The number of hydrogen-bond acceptors (Lipinski definition) is 3. The van der Waals surface area contributed by atoms with Crippen LogP contribution in [0.25, 0.3) is 0 Å². The topological polar surface area (TPSA) is 63.6 Å². The molecule has 0 rings (SSSR count). The van der Waals surface area contributed by atoms with Crippen LogP contribution in [0.1, 0.15) is 135 Å². The Morgan fingerprint density at radius 2 is 1.21 bits per heavy atom. The number of unbranched alkanes of at least 4 members (excludes halogenated alkanes) is 16. The van der Waals surface area contributed by atoms with Crippen LogP contribution in [0.3, 0.4) is 0 Å². The molecule has 0 spiro atoms. The van der Waals surface area contributed by atoms with E-state index in [-0.39, 0.29) is 13.0 Å². The molecular weight excluding hydrogens is 412 g/mol. The maximum atomic E-state index is 11.6. The summed E-state index contributed by atoms with van der Waals surface area (Å²) in [5, 5.41) is 9.28. The smallest absolute Gasteiger partial charge is 0.307 e. The van der Waals surface area contributed by atoms with Crippen molar-refractivity contribution in [2.24, 2.45) is 5.92 Å². The largest absolute Gasteiger partial charge is 0.481 e. The minimum atomic E-state index is -0.902. The van der Waals surface area contributed by atoms with Gasteiger partial charge in [-0.3, -0.25) is 9.59 Å². The average molecular weight is 465 g/mol. The molecule has 4 nitrogen and oxygen atoms in total. The zero-order valence-electron chi connectivity index (χ0n) is 21.5. The van der Waals surface area contributed by atoms with Crippen LogP contribution in [0.15, 0.2) is 24.8 Å². The van der Waals surface area contributed by atoms with Crippen LogP contribution in [0.5, 0.6) is 0 Å². The third-order valence-electron chi connectivity index (χ3n) is 6.17. The summed E-state index contributed by atoms with van der Waals surface area (Å²) in [6.45, 7) is 5.85.